The lowest BCUT2D eigenvalue weighted by Gasteiger charge is -2.30. The molecule has 1 atom stereocenters. The zero-order valence-corrected chi connectivity index (χ0v) is 33.2. The van der Waals surface area contributed by atoms with Crippen molar-refractivity contribution in [3.63, 3.8) is 0 Å². The lowest BCUT2D eigenvalue weighted by molar-refractivity contribution is 0.660. The van der Waals surface area contributed by atoms with Crippen LogP contribution in [-0.2, 0) is 5.41 Å². The second-order valence-electron chi connectivity index (χ2n) is 16.9. The topological polar surface area (TPSA) is 8.17 Å². The lowest BCUT2D eigenvalue weighted by Crippen LogP contribution is -2.35. The van der Waals surface area contributed by atoms with Crippen LogP contribution in [0.25, 0.3) is 60.5 Å². The van der Waals surface area contributed by atoms with E-state index in [1.54, 1.807) is 0 Å². The summed E-state index contributed by atoms with van der Waals surface area (Å²) in [4.78, 5) is 2.49. The smallest absolute Gasteiger partial charge is 0.0541 e. The maximum absolute atomic E-state index is 2.49. The van der Waals surface area contributed by atoms with Gasteiger partial charge in [-0.05, 0) is 116 Å². The fourth-order valence-corrected chi connectivity index (χ4v) is 10.5. The van der Waals surface area contributed by atoms with Crippen molar-refractivity contribution in [2.45, 2.75) is 25.7 Å². The van der Waals surface area contributed by atoms with Gasteiger partial charge in [-0.3, -0.25) is 0 Å². The van der Waals surface area contributed by atoms with Crippen LogP contribution in [0.4, 0.5) is 17.1 Å². The molecule has 0 saturated heterocycles. The van der Waals surface area contributed by atoms with E-state index in [0.29, 0.717) is 5.92 Å². The Bertz CT molecular complexity index is 3350. The molecule has 2 nitrogen and oxygen atoms in total. The minimum Gasteiger partial charge on any atom is -0.310 e. The average molecular weight is 755 g/mol. The minimum absolute atomic E-state index is 0.223. The third-order valence-corrected chi connectivity index (χ3v) is 13.3. The standard InChI is InChI=1S/C57H42N2/c1-57(2)52-35-41(29-31-47(52)48-32-30-42(36-53(48)57)59-55-26-11-9-24-49(55)50-25-10-12-27-56(50)59)58(54-28-14-17-37-15-3-6-21-44(37)54)40-19-13-18-38(33-40)51-34-39-16-4-5-20-43(39)45-22-7-8-23-46(45)51/h3-33,35-36,39H,34H2,1-2H3. The van der Waals surface area contributed by atoms with Crippen LogP contribution in [0.2, 0.25) is 0 Å². The van der Waals surface area contributed by atoms with Crippen molar-refractivity contribution in [3.8, 4) is 16.8 Å². The third kappa shape index (κ3) is 5.12. The van der Waals surface area contributed by atoms with E-state index >= 15 is 0 Å². The summed E-state index contributed by atoms with van der Waals surface area (Å²) >= 11 is 0. The van der Waals surface area contributed by atoms with Gasteiger partial charge in [-0.1, -0.05) is 159 Å². The van der Waals surface area contributed by atoms with Gasteiger partial charge in [-0.2, -0.15) is 0 Å². The molecule has 2 heteroatoms. The summed E-state index contributed by atoms with van der Waals surface area (Å²) in [7, 11) is 0. The number of hydrogen-bond donors (Lipinski definition) is 0. The largest absolute Gasteiger partial charge is 0.310 e. The van der Waals surface area contributed by atoms with Crippen molar-refractivity contribution in [2.75, 3.05) is 4.90 Å². The van der Waals surface area contributed by atoms with E-state index in [-0.39, 0.29) is 5.41 Å². The molecule has 0 saturated carbocycles. The Morgan fingerprint density at radius 2 is 1.19 bits per heavy atom. The quantitative estimate of drug-likeness (QED) is 0.170. The molecule has 9 aromatic rings. The summed E-state index contributed by atoms with van der Waals surface area (Å²) in [6, 6.07) is 65.6. The Hall–Kier alpha value is -7.16. The maximum Gasteiger partial charge on any atom is 0.0541 e. The predicted octanol–water partition coefficient (Wildman–Crippen LogP) is 13.2. The summed E-state index contributed by atoms with van der Waals surface area (Å²) in [6.45, 7) is 4.80. The fraction of sp³-hybridized carbons (Fsp3) is 0.0877. The lowest BCUT2D eigenvalue weighted by atomic mass is 9.80. The molecule has 0 bridgehead atoms. The van der Waals surface area contributed by atoms with Crippen LogP contribution in [-0.4, -0.2) is 4.57 Å². The monoisotopic (exact) mass is 754 g/mol. The predicted molar refractivity (Wildman–Crippen MR) is 249 cm³/mol. The van der Waals surface area contributed by atoms with Gasteiger partial charge in [0.2, 0.25) is 0 Å². The van der Waals surface area contributed by atoms with Crippen molar-refractivity contribution in [1.29, 1.82) is 0 Å². The van der Waals surface area contributed by atoms with E-state index in [0.717, 1.165) is 17.8 Å². The molecular weight excluding hydrogens is 713 g/mol. The number of aromatic nitrogens is 1. The minimum atomic E-state index is -0.223. The average Bonchev–Trinajstić information content (AvgIpc) is 3.74. The van der Waals surface area contributed by atoms with Crippen molar-refractivity contribution in [3.05, 3.63) is 227 Å². The van der Waals surface area contributed by atoms with Crippen molar-refractivity contribution < 1.29 is 0 Å². The van der Waals surface area contributed by atoms with Gasteiger partial charge in [-0.25, -0.2) is 0 Å². The van der Waals surface area contributed by atoms with Crippen molar-refractivity contribution >= 4 is 60.8 Å². The first-order chi connectivity index (χ1) is 29.0. The molecule has 0 spiro atoms. The van der Waals surface area contributed by atoms with Crippen LogP contribution >= 0.6 is 0 Å². The summed E-state index contributed by atoms with van der Waals surface area (Å²) < 4.78 is 2.44. The molecule has 0 N–H and O–H groups in total. The van der Waals surface area contributed by atoms with E-state index in [2.05, 4.69) is 224 Å². The van der Waals surface area contributed by atoms with Crippen LogP contribution in [0.15, 0.2) is 200 Å². The molecule has 8 aromatic carbocycles. The molecule has 1 heterocycles. The van der Waals surface area contributed by atoms with Crippen molar-refractivity contribution in [1.82, 2.24) is 4.57 Å². The van der Waals surface area contributed by atoms with Crippen LogP contribution in [0, 0.1) is 5.92 Å². The highest BCUT2D eigenvalue weighted by Gasteiger charge is 2.37. The molecule has 59 heavy (non-hydrogen) atoms. The first-order valence-electron chi connectivity index (χ1n) is 20.9. The summed E-state index contributed by atoms with van der Waals surface area (Å²) in [5, 5.41) is 7.71. The second kappa shape index (κ2) is 12.9. The van der Waals surface area contributed by atoms with Gasteiger partial charge in [0.25, 0.3) is 0 Å². The first kappa shape index (κ1) is 33.9. The number of rotatable bonds is 5. The van der Waals surface area contributed by atoms with Gasteiger partial charge < -0.3 is 9.47 Å². The molecular formula is C57H42N2. The van der Waals surface area contributed by atoms with Crippen molar-refractivity contribution in [2.24, 2.45) is 5.92 Å². The van der Waals surface area contributed by atoms with Crippen LogP contribution in [0.1, 0.15) is 37.0 Å². The molecule has 0 aliphatic heterocycles. The third-order valence-electron chi connectivity index (χ3n) is 13.3. The SMILES string of the molecule is CC1(C)c2cc(N(c3cccc(C4=c5ccccc5=C5C=CC=CC5C4)c3)c3cccc4ccccc34)ccc2-c2ccc(-n3c4ccccc4c4ccccc43)cc21. The van der Waals surface area contributed by atoms with E-state index in [9.17, 15) is 0 Å². The second-order valence-corrected chi connectivity index (χ2v) is 16.9. The number of hydrogen-bond acceptors (Lipinski definition) is 1. The van der Waals surface area contributed by atoms with E-state index in [1.807, 2.05) is 0 Å². The Morgan fingerprint density at radius 3 is 2.00 bits per heavy atom. The molecule has 0 amide bonds. The highest BCUT2D eigenvalue weighted by molar-refractivity contribution is 6.09. The number of fused-ring (bicyclic) bond motifs is 9. The fourth-order valence-electron chi connectivity index (χ4n) is 10.5. The zero-order valence-electron chi connectivity index (χ0n) is 33.2. The number of allylic oxidation sites excluding steroid dienone is 4. The van der Waals surface area contributed by atoms with Crippen LogP contribution < -0.4 is 15.3 Å². The van der Waals surface area contributed by atoms with Gasteiger partial charge in [0.15, 0.2) is 0 Å². The molecule has 0 radical (unpaired) electrons. The van der Waals surface area contributed by atoms with E-state index in [1.165, 1.54) is 93.4 Å². The molecule has 1 unspecified atom stereocenters. The van der Waals surface area contributed by atoms with E-state index < -0.39 is 0 Å². The Morgan fingerprint density at radius 1 is 0.542 bits per heavy atom. The Kier molecular flexibility index (Phi) is 7.43. The summed E-state index contributed by atoms with van der Waals surface area (Å²) in [5.74, 6) is 0.374. The normalized spacial score (nSPS) is 16.0. The summed E-state index contributed by atoms with van der Waals surface area (Å²) in [5.41, 5.74) is 16.4. The maximum atomic E-state index is 2.49. The summed E-state index contributed by atoms with van der Waals surface area (Å²) in [6.07, 6.45) is 10.0. The van der Waals surface area contributed by atoms with E-state index in [4.69, 9.17) is 0 Å². The molecule has 3 aliphatic carbocycles. The number of benzene rings is 8. The molecule has 0 fully saturated rings. The highest BCUT2D eigenvalue weighted by atomic mass is 15.1. The molecule has 280 valence electrons. The number of nitrogens with zero attached hydrogens (tertiary/aromatic N) is 2. The van der Waals surface area contributed by atoms with Gasteiger partial charge >= 0.3 is 0 Å². The van der Waals surface area contributed by atoms with Crippen LogP contribution in [0.3, 0.4) is 0 Å². The first-order valence-corrected chi connectivity index (χ1v) is 20.9. The van der Waals surface area contributed by atoms with Gasteiger partial charge in [0.1, 0.15) is 0 Å². The molecule has 1 aromatic heterocycles. The molecule has 12 rings (SSSR count). The Balaban J connectivity index is 1.02. The highest BCUT2D eigenvalue weighted by Crippen LogP contribution is 2.52. The Labute approximate surface area is 344 Å². The van der Waals surface area contributed by atoms with Gasteiger partial charge in [0.05, 0.1) is 16.7 Å². The van der Waals surface area contributed by atoms with Crippen LogP contribution in [0.5, 0.6) is 0 Å². The zero-order chi connectivity index (χ0) is 39.2. The van der Waals surface area contributed by atoms with Gasteiger partial charge in [0, 0.05) is 44.6 Å². The number of para-hydroxylation sites is 2. The van der Waals surface area contributed by atoms with Gasteiger partial charge in [-0.15, -0.1) is 0 Å². The number of anilines is 3. The molecule has 3 aliphatic rings.